The third kappa shape index (κ3) is 2.41. The van der Waals surface area contributed by atoms with Crippen molar-refractivity contribution in [1.82, 2.24) is 9.38 Å². The molecule has 2 aromatic heterocycles. The molecule has 2 heterocycles. The summed E-state index contributed by atoms with van der Waals surface area (Å²) >= 11 is 0. The Hall–Kier alpha value is -1.35. The van der Waals surface area contributed by atoms with Crippen molar-refractivity contribution in [2.75, 3.05) is 0 Å². The highest BCUT2D eigenvalue weighted by Crippen LogP contribution is 2.24. The van der Waals surface area contributed by atoms with Gasteiger partial charge in [-0.15, -0.1) is 0 Å². The predicted octanol–water partition coefficient (Wildman–Crippen LogP) is 3.11. The Morgan fingerprint density at radius 1 is 1.28 bits per heavy atom. The van der Waals surface area contributed by atoms with Gasteiger partial charge in [0.25, 0.3) is 0 Å². The average Bonchev–Trinajstić information content (AvgIpc) is 2.64. The highest BCUT2D eigenvalue weighted by Gasteiger charge is 2.16. The number of hydrogen-bond acceptors (Lipinski definition) is 2. The normalized spacial score (nSPS) is 11.9. The van der Waals surface area contributed by atoms with Crippen LogP contribution in [0.1, 0.15) is 50.6 Å². The number of nitrogens with zero attached hydrogens (tertiary/aromatic N) is 2. The van der Waals surface area contributed by atoms with Crippen molar-refractivity contribution >= 4 is 5.65 Å². The van der Waals surface area contributed by atoms with Crippen molar-refractivity contribution < 1.29 is 0 Å². The second kappa shape index (κ2) is 5.11. The van der Waals surface area contributed by atoms with Gasteiger partial charge in [0, 0.05) is 18.4 Å². The minimum atomic E-state index is 0.484. The molecule has 0 fully saturated rings. The summed E-state index contributed by atoms with van der Waals surface area (Å²) in [6, 6.07) is 4.18. The molecule has 2 rings (SSSR count). The highest BCUT2D eigenvalue weighted by molar-refractivity contribution is 5.46. The lowest BCUT2D eigenvalue weighted by Crippen LogP contribution is -2.03. The summed E-state index contributed by atoms with van der Waals surface area (Å²) in [4.78, 5) is 4.79. The molecule has 0 atom stereocenters. The number of rotatable bonds is 4. The van der Waals surface area contributed by atoms with Crippen molar-refractivity contribution in [3.63, 3.8) is 0 Å². The van der Waals surface area contributed by atoms with Crippen LogP contribution < -0.4 is 5.73 Å². The fourth-order valence-corrected chi connectivity index (χ4v) is 2.43. The number of fused-ring (bicyclic) bond motifs is 1. The summed E-state index contributed by atoms with van der Waals surface area (Å²) in [5, 5.41) is 0. The molecule has 3 heteroatoms. The van der Waals surface area contributed by atoms with Crippen LogP contribution in [0.3, 0.4) is 0 Å². The van der Waals surface area contributed by atoms with Gasteiger partial charge in [-0.05, 0) is 36.0 Å². The largest absolute Gasteiger partial charge is 0.326 e. The van der Waals surface area contributed by atoms with Crippen LogP contribution in [0.2, 0.25) is 0 Å². The lowest BCUT2D eigenvalue weighted by molar-refractivity contribution is 0.626. The Morgan fingerprint density at radius 3 is 2.56 bits per heavy atom. The van der Waals surface area contributed by atoms with Crippen LogP contribution in [0.5, 0.6) is 0 Å². The first-order valence-electron chi connectivity index (χ1n) is 6.72. The van der Waals surface area contributed by atoms with Gasteiger partial charge in [-0.25, -0.2) is 4.98 Å². The van der Waals surface area contributed by atoms with Gasteiger partial charge in [0.1, 0.15) is 5.65 Å². The molecule has 0 aromatic carbocycles. The van der Waals surface area contributed by atoms with Gasteiger partial charge in [0.2, 0.25) is 0 Å². The fraction of sp³-hybridized carbons (Fsp3) is 0.533. The van der Waals surface area contributed by atoms with Gasteiger partial charge < -0.3 is 10.1 Å². The Kier molecular flexibility index (Phi) is 3.71. The maximum absolute atomic E-state index is 5.69. The molecular formula is C15H23N3. The smallest absolute Gasteiger partial charge is 0.137 e. The third-order valence-electron chi connectivity index (χ3n) is 3.19. The first-order chi connectivity index (χ1) is 8.52. The van der Waals surface area contributed by atoms with Gasteiger partial charge in [-0.1, -0.05) is 27.7 Å². The first-order valence-corrected chi connectivity index (χ1v) is 6.72. The van der Waals surface area contributed by atoms with Crippen LogP contribution in [0.4, 0.5) is 0 Å². The Labute approximate surface area is 109 Å². The zero-order valence-electron chi connectivity index (χ0n) is 11.8. The molecule has 0 spiro atoms. The van der Waals surface area contributed by atoms with E-state index >= 15 is 0 Å². The zero-order chi connectivity index (χ0) is 13.3. The minimum Gasteiger partial charge on any atom is -0.326 e. The number of hydrogen-bond donors (Lipinski definition) is 1. The van der Waals surface area contributed by atoms with Crippen LogP contribution in [0, 0.1) is 5.92 Å². The average molecular weight is 245 g/mol. The molecule has 0 bridgehead atoms. The molecule has 2 N–H and O–H groups in total. The molecule has 0 amide bonds. The zero-order valence-corrected chi connectivity index (χ0v) is 11.8. The minimum absolute atomic E-state index is 0.484. The van der Waals surface area contributed by atoms with E-state index in [1.54, 1.807) is 0 Å². The molecule has 0 radical (unpaired) electrons. The van der Waals surface area contributed by atoms with Gasteiger partial charge in [-0.2, -0.15) is 0 Å². The van der Waals surface area contributed by atoms with Gasteiger partial charge in [0.05, 0.1) is 5.69 Å². The van der Waals surface area contributed by atoms with Crippen molar-refractivity contribution in [1.29, 1.82) is 0 Å². The van der Waals surface area contributed by atoms with E-state index in [1.807, 2.05) is 0 Å². The van der Waals surface area contributed by atoms with Crippen molar-refractivity contribution in [3.8, 4) is 0 Å². The summed E-state index contributed by atoms with van der Waals surface area (Å²) in [7, 11) is 0. The van der Waals surface area contributed by atoms with Crippen molar-refractivity contribution in [2.45, 2.75) is 46.6 Å². The molecule has 0 saturated heterocycles. The molecule has 0 aliphatic rings. The molecule has 0 unspecified atom stereocenters. The first kappa shape index (κ1) is 13.1. The van der Waals surface area contributed by atoms with Gasteiger partial charge in [0.15, 0.2) is 0 Å². The fourth-order valence-electron chi connectivity index (χ4n) is 2.43. The van der Waals surface area contributed by atoms with Gasteiger partial charge in [-0.3, -0.25) is 0 Å². The van der Waals surface area contributed by atoms with Crippen LogP contribution in [0.15, 0.2) is 18.3 Å². The van der Waals surface area contributed by atoms with E-state index in [-0.39, 0.29) is 0 Å². The monoisotopic (exact) mass is 245 g/mol. The highest BCUT2D eigenvalue weighted by atomic mass is 15.0. The Morgan fingerprint density at radius 2 is 2.00 bits per heavy atom. The van der Waals surface area contributed by atoms with E-state index in [9.17, 15) is 0 Å². The second-order valence-corrected chi connectivity index (χ2v) is 5.66. The van der Waals surface area contributed by atoms with E-state index in [2.05, 4.69) is 50.4 Å². The molecule has 18 heavy (non-hydrogen) atoms. The van der Waals surface area contributed by atoms with Gasteiger partial charge >= 0.3 is 0 Å². The predicted molar refractivity (Wildman–Crippen MR) is 75.7 cm³/mol. The molecule has 0 aliphatic heterocycles. The number of nitrogens with two attached hydrogens (primary N) is 1. The number of imidazole rings is 1. The number of aromatic nitrogens is 2. The van der Waals surface area contributed by atoms with E-state index in [4.69, 9.17) is 10.7 Å². The van der Waals surface area contributed by atoms with E-state index < -0.39 is 0 Å². The summed E-state index contributed by atoms with van der Waals surface area (Å²) in [6.45, 7) is 9.49. The molecule has 2 aromatic rings. The SMILES string of the molecule is CC(C)Cc1nc2cc(CN)ccn2c1C(C)C. The van der Waals surface area contributed by atoms with E-state index in [1.165, 1.54) is 11.4 Å². The van der Waals surface area contributed by atoms with E-state index in [0.717, 1.165) is 17.6 Å². The molecule has 98 valence electrons. The van der Waals surface area contributed by atoms with Crippen molar-refractivity contribution in [3.05, 3.63) is 35.3 Å². The topological polar surface area (TPSA) is 43.3 Å². The second-order valence-electron chi connectivity index (χ2n) is 5.66. The van der Waals surface area contributed by atoms with Crippen LogP contribution in [-0.2, 0) is 13.0 Å². The summed E-state index contributed by atoms with van der Waals surface area (Å²) in [6.07, 6.45) is 3.14. The molecular weight excluding hydrogens is 222 g/mol. The van der Waals surface area contributed by atoms with Crippen LogP contribution >= 0.6 is 0 Å². The number of pyridine rings is 1. The summed E-state index contributed by atoms with van der Waals surface area (Å²) in [5.74, 6) is 1.11. The van der Waals surface area contributed by atoms with Crippen molar-refractivity contribution in [2.24, 2.45) is 11.7 Å². The summed E-state index contributed by atoms with van der Waals surface area (Å²) in [5.41, 5.74) is 10.4. The lowest BCUT2D eigenvalue weighted by Gasteiger charge is -2.10. The standard InChI is InChI=1S/C15H23N3/c1-10(2)7-13-15(11(3)4)18-6-5-12(9-16)8-14(18)17-13/h5-6,8,10-11H,7,9,16H2,1-4H3. The molecule has 3 nitrogen and oxygen atoms in total. The maximum atomic E-state index is 5.69. The maximum Gasteiger partial charge on any atom is 0.137 e. The lowest BCUT2D eigenvalue weighted by atomic mass is 10.0. The Bertz CT molecular complexity index is 538. The summed E-state index contributed by atoms with van der Waals surface area (Å²) < 4.78 is 2.21. The molecule has 0 aliphatic carbocycles. The van der Waals surface area contributed by atoms with E-state index in [0.29, 0.717) is 18.4 Å². The quantitative estimate of drug-likeness (QED) is 0.899. The van der Waals surface area contributed by atoms with Crippen LogP contribution in [-0.4, -0.2) is 9.38 Å². The third-order valence-corrected chi connectivity index (χ3v) is 3.19. The van der Waals surface area contributed by atoms with Crippen LogP contribution in [0.25, 0.3) is 5.65 Å². The molecule has 0 saturated carbocycles. The Balaban J connectivity index is 2.58.